The first kappa shape index (κ1) is 17.3. The van der Waals surface area contributed by atoms with Crippen LogP contribution in [0.2, 0.25) is 0 Å². The lowest BCUT2D eigenvalue weighted by atomic mass is 9.84. The van der Waals surface area contributed by atoms with Crippen molar-refractivity contribution in [1.29, 1.82) is 0 Å². The lowest BCUT2D eigenvalue weighted by Crippen LogP contribution is -2.10. The Morgan fingerprint density at radius 3 is 2.86 bits per heavy atom. The number of thiol groups is 1. The molecule has 22 heavy (non-hydrogen) atoms. The second-order valence-electron chi connectivity index (χ2n) is 6.11. The number of aliphatic carboxylic acids is 1. The van der Waals surface area contributed by atoms with Crippen LogP contribution in [0.15, 0.2) is 4.52 Å². The van der Waals surface area contributed by atoms with Gasteiger partial charge < -0.3 is 9.63 Å². The summed E-state index contributed by atoms with van der Waals surface area (Å²) >= 11 is 3.90. The first-order chi connectivity index (χ1) is 10.7. The van der Waals surface area contributed by atoms with Crippen molar-refractivity contribution in [3.05, 3.63) is 11.7 Å². The zero-order valence-electron chi connectivity index (χ0n) is 12.8. The molecule has 1 aromatic heterocycles. The second-order valence-corrected chi connectivity index (χ2v) is 6.43. The fourth-order valence-corrected chi connectivity index (χ4v) is 3.37. The molecule has 1 aliphatic rings. The van der Waals surface area contributed by atoms with Crippen LogP contribution in [0.25, 0.3) is 0 Å². The molecule has 2 rings (SSSR count). The number of nitrogens with one attached hydrogen (secondary N) is 1. The molecule has 124 valence electrons. The van der Waals surface area contributed by atoms with Gasteiger partial charge >= 0.3 is 5.97 Å². The van der Waals surface area contributed by atoms with Crippen LogP contribution in [0.1, 0.15) is 75.4 Å². The van der Waals surface area contributed by atoms with Crippen LogP contribution in [0.4, 0.5) is 0 Å². The Bertz CT molecular complexity index is 461. The summed E-state index contributed by atoms with van der Waals surface area (Å²) in [4.78, 5) is 15.3. The molecular weight excluding hydrogens is 302 g/mol. The van der Waals surface area contributed by atoms with E-state index in [2.05, 4.69) is 27.7 Å². The van der Waals surface area contributed by atoms with Crippen molar-refractivity contribution in [2.24, 2.45) is 5.92 Å². The summed E-state index contributed by atoms with van der Waals surface area (Å²) in [7, 11) is 0. The van der Waals surface area contributed by atoms with E-state index in [1.165, 1.54) is 38.5 Å². The van der Waals surface area contributed by atoms with Crippen molar-refractivity contribution in [1.82, 2.24) is 14.9 Å². The van der Waals surface area contributed by atoms with Crippen LogP contribution in [-0.4, -0.2) is 21.2 Å². The molecule has 0 unspecified atom stereocenters. The van der Waals surface area contributed by atoms with E-state index >= 15 is 0 Å². The molecule has 1 atom stereocenters. The summed E-state index contributed by atoms with van der Waals surface area (Å²) in [5.41, 5.74) is 0. The molecule has 0 radical (unpaired) electrons. The van der Waals surface area contributed by atoms with Crippen LogP contribution in [0.3, 0.4) is 0 Å². The van der Waals surface area contributed by atoms with Gasteiger partial charge in [0.1, 0.15) is 0 Å². The molecule has 1 aromatic rings. The van der Waals surface area contributed by atoms with Gasteiger partial charge in [-0.05, 0) is 12.3 Å². The summed E-state index contributed by atoms with van der Waals surface area (Å²) in [5.74, 6) is 0.736. The Labute approximate surface area is 136 Å². The van der Waals surface area contributed by atoms with Crippen LogP contribution in [0.5, 0.6) is 0 Å². The topological polar surface area (TPSA) is 88.2 Å². The molecule has 0 bridgehead atoms. The molecule has 1 fully saturated rings. The molecule has 0 amide bonds. The minimum atomic E-state index is -0.824. The Balaban J connectivity index is 1.86. The molecule has 1 heterocycles. The Morgan fingerprint density at radius 1 is 1.41 bits per heavy atom. The normalized spacial score (nSPS) is 17.5. The molecule has 0 aliphatic heterocycles. The highest BCUT2D eigenvalue weighted by Crippen LogP contribution is 2.31. The van der Waals surface area contributed by atoms with Gasteiger partial charge in [-0.1, -0.05) is 62.9 Å². The number of hydrogen-bond donors (Lipinski definition) is 3. The SMILES string of the molecule is O=C(O)C[C@@H](CCCC1CCCCC1)c1nc(CNS)no1. The fourth-order valence-electron chi connectivity index (χ4n) is 3.23. The first-order valence-corrected chi connectivity index (χ1v) is 8.55. The highest BCUT2D eigenvalue weighted by atomic mass is 32.1. The number of carboxylic acids is 1. The zero-order chi connectivity index (χ0) is 15.8. The predicted molar refractivity (Wildman–Crippen MR) is 85.5 cm³/mol. The summed E-state index contributed by atoms with van der Waals surface area (Å²) in [6, 6.07) is 0. The number of rotatable bonds is 9. The highest BCUT2D eigenvalue weighted by molar-refractivity contribution is 7.78. The minimum absolute atomic E-state index is 0.0423. The van der Waals surface area contributed by atoms with Gasteiger partial charge in [0.25, 0.3) is 0 Å². The van der Waals surface area contributed by atoms with E-state index in [0.717, 1.165) is 18.8 Å². The number of nitrogens with zero attached hydrogens (tertiary/aromatic N) is 2. The van der Waals surface area contributed by atoms with Crippen molar-refractivity contribution in [3.8, 4) is 0 Å². The molecular formula is C15H25N3O3S. The van der Waals surface area contributed by atoms with Crippen LogP contribution < -0.4 is 4.72 Å². The van der Waals surface area contributed by atoms with Crippen LogP contribution >= 0.6 is 12.8 Å². The Morgan fingerprint density at radius 2 is 2.18 bits per heavy atom. The van der Waals surface area contributed by atoms with Gasteiger partial charge in [-0.2, -0.15) is 4.98 Å². The maximum absolute atomic E-state index is 11.1. The average Bonchev–Trinajstić information content (AvgIpc) is 2.96. The predicted octanol–water partition coefficient (Wildman–Crippen LogP) is 3.31. The standard InChI is InChI=1S/C15H25N3O3S/c19-14(20)9-12(15-17-13(10-16-22)18-21-15)8-4-7-11-5-2-1-3-6-11/h11-12,16,22H,1-10H2,(H,19,20)/t12-/m1/s1. The highest BCUT2D eigenvalue weighted by Gasteiger charge is 2.23. The van der Waals surface area contributed by atoms with Gasteiger partial charge in [-0.15, -0.1) is 0 Å². The lowest BCUT2D eigenvalue weighted by molar-refractivity contribution is -0.137. The van der Waals surface area contributed by atoms with Crippen LogP contribution in [0, 0.1) is 5.92 Å². The van der Waals surface area contributed by atoms with E-state index in [1.807, 2.05) is 0 Å². The molecule has 2 N–H and O–H groups in total. The Hall–Kier alpha value is -1.08. The first-order valence-electron chi connectivity index (χ1n) is 8.10. The molecule has 0 saturated heterocycles. The molecule has 7 heteroatoms. The van der Waals surface area contributed by atoms with Gasteiger partial charge in [0.05, 0.1) is 13.0 Å². The van der Waals surface area contributed by atoms with E-state index in [-0.39, 0.29) is 12.3 Å². The molecule has 1 saturated carbocycles. The summed E-state index contributed by atoms with van der Waals surface area (Å²) in [5, 5.41) is 12.9. The van der Waals surface area contributed by atoms with Gasteiger partial charge in [0.15, 0.2) is 5.82 Å². The third-order valence-electron chi connectivity index (χ3n) is 4.38. The number of hydrogen-bond acceptors (Lipinski definition) is 6. The zero-order valence-corrected chi connectivity index (χ0v) is 13.7. The maximum Gasteiger partial charge on any atom is 0.304 e. The van der Waals surface area contributed by atoms with Gasteiger partial charge in [-0.25, -0.2) is 0 Å². The van der Waals surface area contributed by atoms with Crippen molar-refractivity contribution in [2.45, 2.75) is 70.3 Å². The molecule has 0 aromatic carbocycles. The maximum atomic E-state index is 11.1. The smallest absolute Gasteiger partial charge is 0.304 e. The number of carboxylic acid groups (broad SMARTS) is 1. The average molecular weight is 327 g/mol. The quantitative estimate of drug-likeness (QED) is 0.603. The fraction of sp³-hybridized carbons (Fsp3) is 0.800. The van der Waals surface area contributed by atoms with Gasteiger partial charge in [0.2, 0.25) is 5.89 Å². The monoisotopic (exact) mass is 327 g/mol. The van der Waals surface area contributed by atoms with Crippen molar-refractivity contribution in [3.63, 3.8) is 0 Å². The second kappa shape index (κ2) is 9.15. The molecule has 0 spiro atoms. The van der Waals surface area contributed by atoms with E-state index in [4.69, 9.17) is 9.63 Å². The minimum Gasteiger partial charge on any atom is -0.481 e. The molecule has 1 aliphatic carbocycles. The third-order valence-corrected chi connectivity index (χ3v) is 4.54. The van der Waals surface area contributed by atoms with Crippen molar-refractivity contribution in [2.75, 3.05) is 0 Å². The summed E-state index contributed by atoms with van der Waals surface area (Å²) in [6.45, 7) is 0.397. The summed E-state index contributed by atoms with van der Waals surface area (Å²) in [6.07, 6.45) is 9.71. The van der Waals surface area contributed by atoms with Crippen molar-refractivity contribution >= 4 is 18.8 Å². The largest absolute Gasteiger partial charge is 0.481 e. The summed E-state index contributed by atoms with van der Waals surface area (Å²) < 4.78 is 7.88. The lowest BCUT2D eigenvalue weighted by Gasteiger charge is -2.21. The Kier molecular flexibility index (Phi) is 7.18. The number of aromatic nitrogens is 2. The molecule has 6 nitrogen and oxygen atoms in total. The van der Waals surface area contributed by atoms with E-state index < -0.39 is 5.97 Å². The number of carbonyl (C=O) groups is 1. The van der Waals surface area contributed by atoms with Crippen molar-refractivity contribution < 1.29 is 14.4 Å². The van der Waals surface area contributed by atoms with Crippen LogP contribution in [-0.2, 0) is 11.3 Å². The van der Waals surface area contributed by atoms with Gasteiger partial charge in [-0.3, -0.25) is 9.52 Å². The van der Waals surface area contributed by atoms with E-state index in [0.29, 0.717) is 18.3 Å². The van der Waals surface area contributed by atoms with E-state index in [9.17, 15) is 4.79 Å². The van der Waals surface area contributed by atoms with Gasteiger partial charge in [0, 0.05) is 5.92 Å². The third kappa shape index (κ3) is 5.61. The van der Waals surface area contributed by atoms with E-state index in [1.54, 1.807) is 0 Å².